The molecule has 1 heterocycles. The number of rotatable bonds is 6. The molecule has 2 saturated carbocycles. The Morgan fingerprint density at radius 3 is 2.68 bits per heavy atom. The third-order valence-corrected chi connectivity index (χ3v) is 5.79. The van der Waals surface area contributed by atoms with E-state index in [-0.39, 0.29) is 0 Å². The second-order valence-electron chi connectivity index (χ2n) is 7.07. The Bertz CT molecular complexity index is 284. The van der Waals surface area contributed by atoms with Gasteiger partial charge in [-0.2, -0.15) is 0 Å². The molecule has 0 radical (unpaired) electrons. The summed E-state index contributed by atoms with van der Waals surface area (Å²) in [5.74, 6) is 0.877. The smallest absolute Gasteiger partial charge is 0.0530 e. The van der Waals surface area contributed by atoms with Crippen LogP contribution in [-0.2, 0) is 4.74 Å². The average Bonchev–Trinajstić information content (AvgIpc) is 3.01. The summed E-state index contributed by atoms with van der Waals surface area (Å²) in [6, 6.07) is 1.55. The van der Waals surface area contributed by atoms with Crippen LogP contribution < -0.4 is 10.6 Å². The fourth-order valence-electron chi connectivity index (χ4n) is 4.50. The predicted molar refractivity (Wildman–Crippen MR) is 78.3 cm³/mol. The number of nitrogens with one attached hydrogen (secondary N) is 2. The summed E-state index contributed by atoms with van der Waals surface area (Å²) in [5.41, 5.74) is 0.463. The van der Waals surface area contributed by atoms with Crippen LogP contribution in [0.1, 0.15) is 51.4 Å². The Kier molecular flexibility index (Phi) is 4.45. The minimum Gasteiger partial charge on any atom is -0.384 e. The van der Waals surface area contributed by atoms with Crippen LogP contribution in [-0.4, -0.2) is 38.9 Å². The van der Waals surface area contributed by atoms with Gasteiger partial charge in [0.15, 0.2) is 0 Å². The van der Waals surface area contributed by atoms with Crippen molar-refractivity contribution in [2.24, 2.45) is 11.3 Å². The monoisotopic (exact) mass is 266 g/mol. The molecule has 3 unspecified atom stereocenters. The zero-order chi connectivity index (χ0) is 13.1. The maximum atomic E-state index is 5.44. The molecule has 110 valence electrons. The summed E-state index contributed by atoms with van der Waals surface area (Å²) in [6.07, 6.45) is 11.1. The van der Waals surface area contributed by atoms with Crippen LogP contribution in [0.5, 0.6) is 0 Å². The minimum absolute atomic E-state index is 0.463. The highest BCUT2D eigenvalue weighted by molar-refractivity contribution is 4.96. The first-order chi connectivity index (χ1) is 9.33. The van der Waals surface area contributed by atoms with E-state index in [0.717, 1.165) is 24.6 Å². The molecule has 3 rings (SSSR count). The molecule has 3 fully saturated rings. The molecule has 0 aromatic heterocycles. The van der Waals surface area contributed by atoms with E-state index in [1.54, 1.807) is 0 Å². The molecule has 0 bridgehead atoms. The van der Waals surface area contributed by atoms with Gasteiger partial charge in [-0.15, -0.1) is 0 Å². The number of ether oxygens (including phenoxy) is 1. The molecular weight excluding hydrogens is 236 g/mol. The average molecular weight is 266 g/mol. The second kappa shape index (κ2) is 6.11. The molecule has 0 spiro atoms. The van der Waals surface area contributed by atoms with Gasteiger partial charge in [-0.1, -0.05) is 12.8 Å². The molecule has 0 amide bonds. The van der Waals surface area contributed by atoms with E-state index in [0.29, 0.717) is 5.41 Å². The molecule has 1 aliphatic heterocycles. The van der Waals surface area contributed by atoms with E-state index in [4.69, 9.17) is 4.74 Å². The molecule has 3 aliphatic rings. The van der Waals surface area contributed by atoms with Gasteiger partial charge in [0.1, 0.15) is 0 Å². The van der Waals surface area contributed by atoms with Crippen LogP contribution in [0.25, 0.3) is 0 Å². The molecule has 3 nitrogen and oxygen atoms in total. The van der Waals surface area contributed by atoms with E-state index >= 15 is 0 Å². The Labute approximate surface area is 117 Å². The van der Waals surface area contributed by atoms with Crippen molar-refractivity contribution in [3.05, 3.63) is 0 Å². The van der Waals surface area contributed by atoms with Gasteiger partial charge in [-0.05, 0) is 51.0 Å². The molecule has 2 N–H and O–H groups in total. The van der Waals surface area contributed by atoms with Crippen LogP contribution in [0.3, 0.4) is 0 Å². The maximum Gasteiger partial charge on any atom is 0.0530 e. The van der Waals surface area contributed by atoms with Gasteiger partial charge in [0, 0.05) is 31.2 Å². The van der Waals surface area contributed by atoms with E-state index in [9.17, 15) is 0 Å². The van der Waals surface area contributed by atoms with Crippen molar-refractivity contribution in [3.8, 4) is 0 Å². The van der Waals surface area contributed by atoms with E-state index in [1.165, 1.54) is 64.5 Å². The first-order valence-corrected chi connectivity index (χ1v) is 8.29. The third-order valence-electron chi connectivity index (χ3n) is 5.79. The van der Waals surface area contributed by atoms with Crippen molar-refractivity contribution >= 4 is 0 Å². The zero-order valence-corrected chi connectivity index (χ0v) is 12.4. The predicted octanol–water partition coefficient (Wildman–Crippen LogP) is 2.31. The maximum absolute atomic E-state index is 5.44. The molecule has 3 atom stereocenters. The Hall–Kier alpha value is -0.120. The summed E-state index contributed by atoms with van der Waals surface area (Å²) in [6.45, 7) is 3.36. The van der Waals surface area contributed by atoms with Crippen molar-refractivity contribution in [1.82, 2.24) is 10.6 Å². The highest BCUT2D eigenvalue weighted by Gasteiger charge is 2.40. The molecule has 19 heavy (non-hydrogen) atoms. The van der Waals surface area contributed by atoms with Crippen LogP contribution in [0.4, 0.5) is 0 Å². The number of methoxy groups -OCH3 is 1. The van der Waals surface area contributed by atoms with Crippen molar-refractivity contribution in [1.29, 1.82) is 0 Å². The molecule has 0 aromatic rings. The Balaban J connectivity index is 1.50. The van der Waals surface area contributed by atoms with Gasteiger partial charge in [0.2, 0.25) is 0 Å². The summed E-state index contributed by atoms with van der Waals surface area (Å²) in [5, 5.41) is 7.63. The molecule has 2 aliphatic carbocycles. The lowest BCUT2D eigenvalue weighted by atomic mass is 9.69. The number of hydrogen-bond donors (Lipinski definition) is 2. The molecule has 0 aromatic carbocycles. The lowest BCUT2D eigenvalue weighted by Crippen LogP contribution is -2.49. The standard InChI is InChI=1S/C16H30N2O/c1-19-12-16(8-4-9-16)11-18-15-6-2-5-13(15)14-7-3-10-17-14/h13-15,17-18H,2-12H2,1H3. The summed E-state index contributed by atoms with van der Waals surface area (Å²) in [7, 11) is 1.85. The van der Waals surface area contributed by atoms with Gasteiger partial charge in [-0.25, -0.2) is 0 Å². The lowest BCUT2D eigenvalue weighted by molar-refractivity contribution is 0.0145. The number of hydrogen-bond acceptors (Lipinski definition) is 3. The van der Waals surface area contributed by atoms with Gasteiger partial charge in [0.05, 0.1) is 6.61 Å². The van der Waals surface area contributed by atoms with Crippen LogP contribution in [0.15, 0.2) is 0 Å². The summed E-state index contributed by atoms with van der Waals surface area (Å²) in [4.78, 5) is 0. The van der Waals surface area contributed by atoms with Crippen LogP contribution >= 0.6 is 0 Å². The Morgan fingerprint density at radius 1 is 1.16 bits per heavy atom. The molecule has 1 saturated heterocycles. The SMILES string of the molecule is COCC1(CNC2CCCC2C2CCCN2)CCC1. The van der Waals surface area contributed by atoms with Gasteiger partial charge >= 0.3 is 0 Å². The first-order valence-electron chi connectivity index (χ1n) is 8.29. The normalized spacial score (nSPS) is 37.4. The van der Waals surface area contributed by atoms with E-state index in [2.05, 4.69) is 10.6 Å². The molecule has 3 heteroatoms. The highest BCUT2D eigenvalue weighted by atomic mass is 16.5. The van der Waals surface area contributed by atoms with Gasteiger partial charge in [-0.3, -0.25) is 0 Å². The van der Waals surface area contributed by atoms with Gasteiger partial charge < -0.3 is 15.4 Å². The highest BCUT2D eigenvalue weighted by Crippen LogP contribution is 2.41. The fraction of sp³-hybridized carbons (Fsp3) is 1.00. The Morgan fingerprint density at radius 2 is 2.05 bits per heavy atom. The quantitative estimate of drug-likeness (QED) is 0.774. The van der Waals surface area contributed by atoms with Crippen LogP contribution in [0.2, 0.25) is 0 Å². The van der Waals surface area contributed by atoms with E-state index in [1.807, 2.05) is 7.11 Å². The van der Waals surface area contributed by atoms with Crippen molar-refractivity contribution in [2.75, 3.05) is 26.8 Å². The largest absolute Gasteiger partial charge is 0.384 e. The molecular formula is C16H30N2O. The lowest BCUT2D eigenvalue weighted by Gasteiger charge is -2.43. The topological polar surface area (TPSA) is 33.3 Å². The summed E-state index contributed by atoms with van der Waals surface area (Å²) >= 11 is 0. The first kappa shape index (κ1) is 13.8. The zero-order valence-electron chi connectivity index (χ0n) is 12.4. The van der Waals surface area contributed by atoms with Crippen molar-refractivity contribution < 1.29 is 4.74 Å². The van der Waals surface area contributed by atoms with Crippen molar-refractivity contribution in [2.45, 2.75) is 63.5 Å². The van der Waals surface area contributed by atoms with E-state index < -0.39 is 0 Å². The van der Waals surface area contributed by atoms with Crippen molar-refractivity contribution in [3.63, 3.8) is 0 Å². The van der Waals surface area contributed by atoms with Crippen LogP contribution in [0, 0.1) is 11.3 Å². The minimum atomic E-state index is 0.463. The second-order valence-corrected chi connectivity index (χ2v) is 7.07. The summed E-state index contributed by atoms with van der Waals surface area (Å²) < 4.78 is 5.44. The fourth-order valence-corrected chi connectivity index (χ4v) is 4.50. The van der Waals surface area contributed by atoms with Gasteiger partial charge in [0.25, 0.3) is 0 Å². The third kappa shape index (κ3) is 2.98.